The van der Waals surface area contributed by atoms with Gasteiger partial charge in [-0.3, -0.25) is 9.48 Å². The number of carbonyl (C=O) groups excluding carboxylic acids is 1. The normalized spacial score (nSPS) is 9.93. The number of nitrogens with zero attached hydrogens (tertiary/aromatic N) is 2. The number of aromatic nitrogens is 2. The molecule has 0 aliphatic heterocycles. The third-order valence-electron chi connectivity index (χ3n) is 1.49. The monoisotopic (exact) mass is 261 g/mol. The van der Waals surface area contributed by atoms with E-state index >= 15 is 0 Å². The van der Waals surface area contributed by atoms with Crippen LogP contribution in [0.5, 0.6) is 0 Å². The highest BCUT2D eigenvalue weighted by atomic mass is 79.9. The van der Waals surface area contributed by atoms with Gasteiger partial charge in [-0.15, -0.1) is 0 Å². The van der Waals surface area contributed by atoms with E-state index in [4.69, 9.17) is 5.11 Å². The third-order valence-corrected chi connectivity index (χ3v) is 2.24. The van der Waals surface area contributed by atoms with Gasteiger partial charge in [0.05, 0.1) is 4.47 Å². The van der Waals surface area contributed by atoms with E-state index in [-0.39, 0.29) is 21.9 Å². The molecule has 0 saturated carbocycles. The molecule has 0 aromatic carbocycles. The van der Waals surface area contributed by atoms with Crippen LogP contribution in [-0.4, -0.2) is 26.8 Å². The summed E-state index contributed by atoms with van der Waals surface area (Å²) in [6.07, 6.45) is 0. The number of carboxylic acid groups (broad SMARTS) is 1. The highest BCUT2D eigenvalue weighted by molar-refractivity contribution is 9.10. The molecule has 1 aromatic rings. The van der Waals surface area contributed by atoms with Gasteiger partial charge < -0.3 is 10.4 Å². The van der Waals surface area contributed by atoms with Crippen molar-refractivity contribution in [1.82, 2.24) is 9.78 Å². The van der Waals surface area contributed by atoms with E-state index in [9.17, 15) is 9.59 Å². The number of aromatic carboxylic acids is 1. The van der Waals surface area contributed by atoms with Crippen LogP contribution in [0.15, 0.2) is 4.47 Å². The Balaban J connectivity index is 3.16. The van der Waals surface area contributed by atoms with Crippen LogP contribution in [0.2, 0.25) is 0 Å². The summed E-state index contributed by atoms with van der Waals surface area (Å²) < 4.78 is 1.44. The van der Waals surface area contributed by atoms with Crippen molar-refractivity contribution in [2.45, 2.75) is 6.92 Å². The lowest BCUT2D eigenvalue weighted by molar-refractivity contribution is -0.114. The minimum atomic E-state index is -1.11. The van der Waals surface area contributed by atoms with Crippen molar-refractivity contribution >= 4 is 33.6 Å². The van der Waals surface area contributed by atoms with Crippen LogP contribution in [0.3, 0.4) is 0 Å². The SMILES string of the molecule is CC(=O)Nc1nn(C)c(C(=O)O)c1Br. The Hall–Kier alpha value is -1.37. The maximum absolute atomic E-state index is 10.7. The van der Waals surface area contributed by atoms with Crippen LogP contribution in [-0.2, 0) is 11.8 Å². The predicted molar refractivity (Wildman–Crippen MR) is 52.2 cm³/mol. The Bertz CT molecular complexity index is 399. The Morgan fingerprint density at radius 1 is 1.57 bits per heavy atom. The fourth-order valence-corrected chi connectivity index (χ4v) is 1.58. The molecule has 0 bridgehead atoms. The van der Waals surface area contributed by atoms with E-state index in [1.807, 2.05) is 0 Å². The van der Waals surface area contributed by atoms with Gasteiger partial charge in [0, 0.05) is 14.0 Å². The average Bonchev–Trinajstić information content (AvgIpc) is 2.25. The van der Waals surface area contributed by atoms with Crippen LogP contribution in [0, 0.1) is 0 Å². The molecule has 1 amide bonds. The fraction of sp³-hybridized carbons (Fsp3) is 0.286. The molecule has 6 nitrogen and oxygen atoms in total. The fourth-order valence-electron chi connectivity index (χ4n) is 0.977. The zero-order valence-corrected chi connectivity index (χ0v) is 9.12. The summed E-state index contributed by atoms with van der Waals surface area (Å²) in [5.41, 5.74) is -0.00579. The second-order valence-corrected chi connectivity index (χ2v) is 3.41. The van der Waals surface area contributed by atoms with Crippen LogP contribution in [0.4, 0.5) is 5.82 Å². The van der Waals surface area contributed by atoms with Gasteiger partial charge in [-0.05, 0) is 15.9 Å². The maximum atomic E-state index is 10.7. The summed E-state index contributed by atoms with van der Waals surface area (Å²) in [5, 5.41) is 15.0. The van der Waals surface area contributed by atoms with E-state index in [0.717, 1.165) is 0 Å². The van der Waals surface area contributed by atoms with Gasteiger partial charge in [0.1, 0.15) is 0 Å². The second kappa shape index (κ2) is 3.79. The quantitative estimate of drug-likeness (QED) is 0.827. The molecule has 1 heterocycles. The standard InChI is InChI=1S/C7H8BrN3O3/c1-3(12)9-6-4(8)5(7(13)14)11(2)10-6/h1-2H3,(H,13,14)(H,9,10,12). The molecule has 0 unspecified atom stereocenters. The number of halogens is 1. The number of carbonyl (C=O) groups is 2. The van der Waals surface area contributed by atoms with E-state index in [1.54, 1.807) is 0 Å². The molecule has 0 saturated heterocycles. The van der Waals surface area contributed by atoms with Gasteiger partial charge in [0.15, 0.2) is 11.5 Å². The minimum absolute atomic E-state index is 0.00579. The molecule has 1 aromatic heterocycles. The zero-order valence-electron chi connectivity index (χ0n) is 7.54. The van der Waals surface area contributed by atoms with Crippen LogP contribution in [0.25, 0.3) is 0 Å². The first-order valence-corrected chi connectivity index (χ1v) is 4.46. The number of rotatable bonds is 2. The summed E-state index contributed by atoms with van der Waals surface area (Å²) in [6, 6.07) is 0. The van der Waals surface area contributed by atoms with Crippen molar-refractivity contribution in [1.29, 1.82) is 0 Å². The summed E-state index contributed by atoms with van der Waals surface area (Å²) in [7, 11) is 1.49. The first-order valence-electron chi connectivity index (χ1n) is 3.67. The number of hydrogen-bond acceptors (Lipinski definition) is 3. The molecule has 14 heavy (non-hydrogen) atoms. The van der Waals surface area contributed by atoms with Gasteiger partial charge in [0.25, 0.3) is 0 Å². The molecule has 0 radical (unpaired) electrons. The highest BCUT2D eigenvalue weighted by Crippen LogP contribution is 2.25. The number of nitrogens with one attached hydrogen (secondary N) is 1. The number of aryl methyl sites for hydroxylation is 1. The molecular formula is C7H8BrN3O3. The molecule has 0 spiro atoms. The third kappa shape index (κ3) is 1.92. The smallest absolute Gasteiger partial charge is 0.355 e. The largest absolute Gasteiger partial charge is 0.476 e. The minimum Gasteiger partial charge on any atom is -0.476 e. The van der Waals surface area contributed by atoms with Crippen LogP contribution < -0.4 is 5.32 Å². The van der Waals surface area contributed by atoms with Crippen molar-refractivity contribution in [3.8, 4) is 0 Å². The van der Waals surface area contributed by atoms with E-state index in [0.29, 0.717) is 0 Å². The predicted octanol–water partition coefficient (Wildman–Crippen LogP) is 0.839. The van der Waals surface area contributed by atoms with E-state index in [1.165, 1.54) is 18.7 Å². The summed E-state index contributed by atoms with van der Waals surface area (Å²) in [6.45, 7) is 1.32. The molecule has 76 valence electrons. The highest BCUT2D eigenvalue weighted by Gasteiger charge is 2.19. The Labute approximate surface area is 88.0 Å². The van der Waals surface area contributed by atoms with Gasteiger partial charge in [0.2, 0.25) is 5.91 Å². The Morgan fingerprint density at radius 3 is 2.50 bits per heavy atom. The zero-order chi connectivity index (χ0) is 10.9. The topological polar surface area (TPSA) is 84.2 Å². The maximum Gasteiger partial charge on any atom is 0.355 e. The van der Waals surface area contributed by atoms with Gasteiger partial charge >= 0.3 is 5.97 Å². The summed E-state index contributed by atoms with van der Waals surface area (Å²) in [5.74, 6) is -1.21. The molecule has 0 atom stereocenters. The number of anilines is 1. The van der Waals surface area contributed by atoms with Gasteiger partial charge in [-0.2, -0.15) is 5.10 Å². The van der Waals surface area contributed by atoms with Crippen molar-refractivity contribution < 1.29 is 14.7 Å². The second-order valence-electron chi connectivity index (χ2n) is 2.62. The van der Waals surface area contributed by atoms with E-state index in [2.05, 4.69) is 26.3 Å². The van der Waals surface area contributed by atoms with E-state index < -0.39 is 5.97 Å². The summed E-state index contributed by atoms with van der Waals surface area (Å²) in [4.78, 5) is 21.5. The van der Waals surface area contributed by atoms with Crippen molar-refractivity contribution in [2.24, 2.45) is 7.05 Å². The number of hydrogen-bond donors (Lipinski definition) is 2. The summed E-state index contributed by atoms with van der Waals surface area (Å²) >= 11 is 3.05. The number of amides is 1. The molecule has 0 aliphatic rings. The first-order chi connectivity index (χ1) is 6.43. The van der Waals surface area contributed by atoms with Crippen LogP contribution >= 0.6 is 15.9 Å². The van der Waals surface area contributed by atoms with Gasteiger partial charge in [-0.1, -0.05) is 0 Å². The molecular weight excluding hydrogens is 254 g/mol. The number of carboxylic acids is 1. The lowest BCUT2D eigenvalue weighted by Gasteiger charge is -1.95. The van der Waals surface area contributed by atoms with Crippen molar-refractivity contribution in [2.75, 3.05) is 5.32 Å². The molecule has 7 heteroatoms. The lowest BCUT2D eigenvalue weighted by Crippen LogP contribution is -2.07. The van der Waals surface area contributed by atoms with Crippen LogP contribution in [0.1, 0.15) is 17.4 Å². The molecule has 0 fully saturated rings. The average molecular weight is 262 g/mol. The molecule has 1 rings (SSSR count). The van der Waals surface area contributed by atoms with Crippen molar-refractivity contribution in [3.63, 3.8) is 0 Å². The Morgan fingerprint density at radius 2 is 2.14 bits per heavy atom. The van der Waals surface area contributed by atoms with Gasteiger partial charge in [-0.25, -0.2) is 4.79 Å². The molecule has 0 aliphatic carbocycles. The first kappa shape index (κ1) is 10.7. The Kier molecular flexibility index (Phi) is 2.90. The molecule has 2 N–H and O–H groups in total. The lowest BCUT2D eigenvalue weighted by atomic mass is 10.4. The van der Waals surface area contributed by atoms with Crippen molar-refractivity contribution in [3.05, 3.63) is 10.2 Å².